The molecule has 1 atom stereocenters. The minimum absolute atomic E-state index is 0.0565. The number of anilines is 1. The van der Waals surface area contributed by atoms with Crippen LogP contribution in [-0.2, 0) is 11.2 Å². The van der Waals surface area contributed by atoms with Crippen LogP contribution in [0.5, 0.6) is 5.88 Å². The maximum absolute atomic E-state index is 13.6. The molecule has 9 nitrogen and oxygen atoms in total. The summed E-state index contributed by atoms with van der Waals surface area (Å²) in [7, 11) is 0. The van der Waals surface area contributed by atoms with Gasteiger partial charge in [0.2, 0.25) is 11.8 Å². The number of ether oxygens (including phenoxy) is 1. The van der Waals surface area contributed by atoms with Crippen molar-refractivity contribution < 1.29 is 24.2 Å². The molecule has 0 radical (unpaired) electrons. The van der Waals surface area contributed by atoms with Crippen LogP contribution in [0.15, 0.2) is 83.7 Å². The second-order valence-electron chi connectivity index (χ2n) is 9.64. The normalized spacial score (nSPS) is 11.6. The van der Waals surface area contributed by atoms with Gasteiger partial charge in [-0.2, -0.15) is 0 Å². The van der Waals surface area contributed by atoms with Gasteiger partial charge in [0.25, 0.3) is 5.56 Å². The molecule has 0 aliphatic carbocycles. The van der Waals surface area contributed by atoms with E-state index in [0.717, 1.165) is 10.2 Å². The number of aromatic nitrogens is 2. The molecule has 1 heterocycles. The lowest BCUT2D eigenvalue weighted by molar-refractivity contribution is -0.119. The molecule has 0 aliphatic heterocycles. The van der Waals surface area contributed by atoms with E-state index in [0.29, 0.717) is 21.8 Å². The molecule has 4 aromatic rings. The van der Waals surface area contributed by atoms with Crippen LogP contribution in [0.3, 0.4) is 0 Å². The van der Waals surface area contributed by atoms with Gasteiger partial charge in [0, 0.05) is 28.8 Å². The Balaban J connectivity index is 1.83. The van der Waals surface area contributed by atoms with Crippen molar-refractivity contribution in [1.29, 1.82) is 0 Å². The summed E-state index contributed by atoms with van der Waals surface area (Å²) in [6, 6.07) is 19.7. The minimum Gasteiger partial charge on any atom is -0.478 e. The topological polar surface area (TPSA) is 128 Å². The van der Waals surface area contributed by atoms with E-state index in [1.807, 2.05) is 30.3 Å². The summed E-state index contributed by atoms with van der Waals surface area (Å²) in [5.41, 5.74) is 1.61. The number of carbonyl (C=O) groups excluding carboxylic acids is 2. The van der Waals surface area contributed by atoms with Crippen LogP contribution in [-0.4, -0.2) is 38.7 Å². The molecule has 210 valence electrons. The number of aromatic carboxylic acids is 1. The zero-order valence-electron chi connectivity index (χ0n) is 22.6. The van der Waals surface area contributed by atoms with E-state index in [2.05, 4.69) is 10.4 Å². The Morgan fingerprint density at radius 3 is 2.27 bits per heavy atom. The van der Waals surface area contributed by atoms with Crippen LogP contribution < -0.4 is 15.6 Å². The van der Waals surface area contributed by atoms with Gasteiger partial charge in [0.15, 0.2) is 5.78 Å². The molecule has 0 bridgehead atoms. The quantitative estimate of drug-likeness (QED) is 0.234. The van der Waals surface area contributed by atoms with Crippen molar-refractivity contribution in [3.63, 3.8) is 0 Å². The average molecular weight is 574 g/mol. The van der Waals surface area contributed by atoms with Crippen molar-refractivity contribution in [3.05, 3.63) is 111 Å². The van der Waals surface area contributed by atoms with Crippen molar-refractivity contribution in [2.45, 2.75) is 39.3 Å². The third-order valence-corrected chi connectivity index (χ3v) is 6.43. The number of ketones is 1. The van der Waals surface area contributed by atoms with Crippen molar-refractivity contribution in [1.82, 2.24) is 9.78 Å². The number of carboxylic acids is 1. The van der Waals surface area contributed by atoms with Crippen LogP contribution in [0.25, 0.3) is 11.1 Å². The number of Topliss-reactive ketones (excluding diaryl/α,β-unsaturated/α-hetero) is 1. The molecule has 1 amide bonds. The number of halogens is 1. The van der Waals surface area contributed by atoms with E-state index in [1.165, 1.54) is 37.3 Å². The fourth-order valence-corrected chi connectivity index (χ4v) is 4.45. The predicted molar refractivity (Wildman–Crippen MR) is 156 cm³/mol. The largest absolute Gasteiger partial charge is 0.478 e. The number of nitrogens with one attached hydrogen (secondary N) is 1. The van der Waals surface area contributed by atoms with Gasteiger partial charge < -0.3 is 15.2 Å². The summed E-state index contributed by atoms with van der Waals surface area (Å²) >= 11 is 6.25. The molecule has 0 aliphatic rings. The second kappa shape index (κ2) is 12.6. The lowest BCUT2D eigenvalue weighted by Gasteiger charge is -2.22. The van der Waals surface area contributed by atoms with Crippen molar-refractivity contribution >= 4 is 34.9 Å². The molecular weight excluding hydrogens is 546 g/mol. The summed E-state index contributed by atoms with van der Waals surface area (Å²) in [5.74, 6) is -1.81. The number of hydrogen-bond donors (Lipinski definition) is 2. The Morgan fingerprint density at radius 1 is 0.976 bits per heavy atom. The van der Waals surface area contributed by atoms with Gasteiger partial charge in [-0.3, -0.25) is 14.4 Å². The molecule has 0 saturated carbocycles. The molecule has 4 rings (SSSR count). The summed E-state index contributed by atoms with van der Waals surface area (Å²) < 4.78 is 7.05. The number of amides is 1. The summed E-state index contributed by atoms with van der Waals surface area (Å²) in [4.78, 5) is 50.8. The number of nitrogens with zero attached hydrogens (tertiary/aromatic N) is 2. The first-order chi connectivity index (χ1) is 19.5. The van der Waals surface area contributed by atoms with Gasteiger partial charge >= 0.3 is 5.97 Å². The van der Waals surface area contributed by atoms with Gasteiger partial charge in [-0.15, -0.1) is 5.10 Å². The molecule has 10 heteroatoms. The number of carboxylic acid groups (broad SMARTS) is 1. The fraction of sp³-hybridized carbons (Fsp3) is 0.194. The molecule has 41 heavy (non-hydrogen) atoms. The van der Waals surface area contributed by atoms with Crippen LogP contribution in [0.4, 0.5) is 5.69 Å². The van der Waals surface area contributed by atoms with E-state index in [-0.39, 0.29) is 35.3 Å². The average Bonchev–Trinajstić information content (AvgIpc) is 2.93. The van der Waals surface area contributed by atoms with Gasteiger partial charge in [-0.25, -0.2) is 9.48 Å². The van der Waals surface area contributed by atoms with Crippen LogP contribution in [0.2, 0.25) is 5.02 Å². The fourth-order valence-electron chi connectivity index (χ4n) is 4.27. The monoisotopic (exact) mass is 573 g/mol. The molecule has 3 aromatic carbocycles. The Morgan fingerprint density at radius 2 is 1.66 bits per heavy atom. The van der Waals surface area contributed by atoms with E-state index in [9.17, 15) is 24.3 Å². The summed E-state index contributed by atoms with van der Waals surface area (Å²) in [6.07, 6.45) is -0.218. The Kier molecular flexibility index (Phi) is 8.99. The smallest absolute Gasteiger partial charge is 0.335 e. The Labute approximate surface area is 241 Å². The van der Waals surface area contributed by atoms with E-state index < -0.39 is 23.5 Å². The van der Waals surface area contributed by atoms with Crippen molar-refractivity contribution in [2.75, 3.05) is 5.32 Å². The van der Waals surface area contributed by atoms with Crippen LogP contribution >= 0.6 is 11.6 Å². The number of hydrogen-bond acceptors (Lipinski definition) is 6. The highest BCUT2D eigenvalue weighted by atomic mass is 35.5. The first-order valence-corrected chi connectivity index (χ1v) is 13.2. The highest BCUT2D eigenvalue weighted by Crippen LogP contribution is 2.33. The molecule has 1 aromatic heterocycles. The highest BCUT2D eigenvalue weighted by molar-refractivity contribution is 6.31. The lowest BCUT2D eigenvalue weighted by Crippen LogP contribution is -2.36. The number of rotatable bonds is 10. The second-order valence-corrected chi connectivity index (χ2v) is 10.1. The molecule has 0 spiro atoms. The molecule has 0 fully saturated rings. The Hall–Kier alpha value is -4.76. The molecule has 1 unspecified atom stereocenters. The SMILES string of the molecule is CC(=O)c1ccc(Cl)cc1-c1cc(=O)n(C(Cc2ccccc2)C(=O)Nc2ccc(C(=O)O)cc2)nc1OC(C)C. The highest BCUT2D eigenvalue weighted by Gasteiger charge is 2.27. The zero-order valence-corrected chi connectivity index (χ0v) is 23.4. The molecular formula is C31H28ClN3O6. The van der Waals surface area contributed by atoms with Gasteiger partial charge in [0.1, 0.15) is 6.04 Å². The number of benzene rings is 3. The van der Waals surface area contributed by atoms with Gasteiger partial charge in [-0.05, 0) is 74.4 Å². The minimum atomic E-state index is -1.10. The van der Waals surface area contributed by atoms with Gasteiger partial charge in [0.05, 0.1) is 17.2 Å². The third kappa shape index (κ3) is 7.06. The summed E-state index contributed by atoms with van der Waals surface area (Å²) in [6.45, 7) is 4.99. The maximum atomic E-state index is 13.6. The number of carbonyl (C=O) groups is 3. The Bertz CT molecular complexity index is 1650. The van der Waals surface area contributed by atoms with Crippen LogP contribution in [0.1, 0.15) is 53.1 Å². The van der Waals surface area contributed by atoms with E-state index in [4.69, 9.17) is 16.3 Å². The van der Waals surface area contributed by atoms with Crippen molar-refractivity contribution in [3.8, 4) is 17.0 Å². The third-order valence-electron chi connectivity index (χ3n) is 6.19. The molecule has 0 saturated heterocycles. The van der Waals surface area contributed by atoms with Crippen molar-refractivity contribution in [2.24, 2.45) is 0 Å². The van der Waals surface area contributed by atoms with E-state index in [1.54, 1.807) is 32.0 Å². The first-order valence-electron chi connectivity index (χ1n) is 12.8. The van der Waals surface area contributed by atoms with E-state index >= 15 is 0 Å². The summed E-state index contributed by atoms with van der Waals surface area (Å²) in [5, 5.41) is 16.8. The predicted octanol–water partition coefficient (Wildman–Crippen LogP) is 5.67. The van der Waals surface area contributed by atoms with Gasteiger partial charge in [-0.1, -0.05) is 41.9 Å². The first kappa shape index (κ1) is 29.2. The maximum Gasteiger partial charge on any atom is 0.335 e. The standard InChI is InChI=1S/C31H28ClN3O6/c1-18(2)41-30-26(25-16-22(32)11-14-24(25)19(3)36)17-28(37)35(34-30)27(15-20-7-5-4-6-8-20)29(38)33-23-12-9-21(10-13-23)31(39)40/h4-14,16-18,27H,15H2,1-3H3,(H,33,38)(H,39,40). The zero-order chi connectivity index (χ0) is 29.7. The van der Waals surface area contributed by atoms with Crippen LogP contribution in [0, 0.1) is 0 Å². The lowest BCUT2D eigenvalue weighted by atomic mass is 9.98. The molecule has 2 N–H and O–H groups in total.